The van der Waals surface area contributed by atoms with E-state index in [4.69, 9.17) is 4.74 Å². The summed E-state index contributed by atoms with van der Waals surface area (Å²) in [7, 11) is 0. The molecule has 3 heteroatoms. The van der Waals surface area contributed by atoms with E-state index in [1.54, 1.807) is 0 Å². The van der Waals surface area contributed by atoms with E-state index in [-0.39, 0.29) is 5.41 Å². The molecular formula is C16H22NO2+. The van der Waals surface area contributed by atoms with Crippen LogP contribution in [-0.4, -0.2) is 23.3 Å². The molecule has 0 saturated carbocycles. The lowest BCUT2D eigenvalue weighted by Gasteiger charge is -2.15. The molecule has 0 unspecified atom stereocenters. The number of carbonyl (C=O) groups is 1. The minimum Gasteiger partial charge on any atom is -0.429 e. The normalized spacial score (nSPS) is 16.4. The number of hydrogen-bond donors (Lipinski definition) is 0. The number of fused-ring (bicyclic) bond motifs is 1. The molecule has 0 fully saturated rings. The maximum Gasteiger partial charge on any atom is 0.298 e. The zero-order valence-electron chi connectivity index (χ0n) is 12.2. The van der Waals surface area contributed by atoms with Crippen molar-refractivity contribution >= 4 is 17.9 Å². The molecule has 0 aliphatic carbocycles. The molecular weight excluding hydrogens is 238 g/mol. The molecule has 1 aliphatic heterocycles. The molecule has 19 heavy (non-hydrogen) atoms. The van der Waals surface area contributed by atoms with Gasteiger partial charge in [0.1, 0.15) is 12.3 Å². The first-order valence-corrected chi connectivity index (χ1v) is 6.88. The molecule has 3 nitrogen and oxygen atoms in total. The summed E-state index contributed by atoms with van der Waals surface area (Å²) in [6, 6.07) is 5.90. The van der Waals surface area contributed by atoms with E-state index >= 15 is 0 Å². The molecule has 0 radical (unpaired) electrons. The summed E-state index contributed by atoms with van der Waals surface area (Å²) in [5.74, 6) is 0.618. The van der Waals surface area contributed by atoms with Gasteiger partial charge in [0, 0.05) is 25.0 Å². The highest BCUT2D eigenvalue weighted by atomic mass is 16.5. The van der Waals surface area contributed by atoms with Gasteiger partial charge >= 0.3 is 0 Å². The Kier molecular flexibility index (Phi) is 3.74. The molecule has 0 aromatic heterocycles. The van der Waals surface area contributed by atoms with E-state index in [0.29, 0.717) is 12.2 Å². The summed E-state index contributed by atoms with van der Waals surface area (Å²) in [4.78, 5) is 10.5. The Morgan fingerprint density at radius 2 is 2.11 bits per heavy atom. The van der Waals surface area contributed by atoms with Crippen molar-refractivity contribution in [1.82, 2.24) is 0 Å². The summed E-state index contributed by atoms with van der Waals surface area (Å²) in [6.45, 7) is 10.4. The topological polar surface area (TPSA) is 29.3 Å². The van der Waals surface area contributed by atoms with E-state index in [1.165, 1.54) is 29.8 Å². The zero-order valence-corrected chi connectivity index (χ0v) is 12.2. The molecule has 0 amide bonds. The van der Waals surface area contributed by atoms with Crippen LogP contribution in [0, 0.1) is 0 Å². The van der Waals surface area contributed by atoms with Crippen LogP contribution < -0.4 is 4.74 Å². The Bertz CT molecular complexity index is 530. The van der Waals surface area contributed by atoms with Crippen LogP contribution in [-0.2, 0) is 10.2 Å². The van der Waals surface area contributed by atoms with Gasteiger partial charge in [0.05, 0.1) is 5.41 Å². The maximum absolute atomic E-state index is 10.5. The lowest BCUT2D eigenvalue weighted by Crippen LogP contribution is -2.26. The van der Waals surface area contributed by atoms with Crippen LogP contribution in [0.3, 0.4) is 0 Å². The maximum atomic E-state index is 10.5. The van der Waals surface area contributed by atoms with Crippen molar-refractivity contribution in [2.24, 2.45) is 0 Å². The van der Waals surface area contributed by atoms with Crippen molar-refractivity contribution in [3.8, 4) is 5.75 Å². The Morgan fingerprint density at radius 3 is 2.74 bits per heavy atom. The molecule has 1 aliphatic rings. The van der Waals surface area contributed by atoms with Gasteiger partial charge in [-0.15, -0.1) is 0 Å². The van der Waals surface area contributed by atoms with Gasteiger partial charge in [-0.1, -0.05) is 13.3 Å². The number of ether oxygens (including phenoxy) is 1. The first-order chi connectivity index (χ1) is 9.02. The first kappa shape index (κ1) is 13.8. The number of nitrogens with zero attached hydrogens (tertiary/aromatic N) is 1. The summed E-state index contributed by atoms with van der Waals surface area (Å²) in [5.41, 5.74) is 3.83. The lowest BCUT2D eigenvalue weighted by molar-refractivity contribution is -0.439. The van der Waals surface area contributed by atoms with E-state index in [1.807, 2.05) is 12.1 Å². The minimum atomic E-state index is -0.00860. The monoisotopic (exact) mass is 260 g/mol. The second-order valence-electron chi connectivity index (χ2n) is 5.61. The van der Waals surface area contributed by atoms with Crippen molar-refractivity contribution in [2.75, 3.05) is 6.54 Å². The first-order valence-electron chi connectivity index (χ1n) is 6.88. The van der Waals surface area contributed by atoms with Gasteiger partial charge in [0.2, 0.25) is 5.69 Å². The highest BCUT2D eigenvalue weighted by molar-refractivity contribution is 5.93. The fourth-order valence-corrected chi connectivity index (χ4v) is 2.70. The molecule has 102 valence electrons. The van der Waals surface area contributed by atoms with Crippen LogP contribution in [0.2, 0.25) is 0 Å². The van der Waals surface area contributed by atoms with Crippen molar-refractivity contribution < 1.29 is 14.1 Å². The van der Waals surface area contributed by atoms with E-state index in [0.717, 1.165) is 6.54 Å². The van der Waals surface area contributed by atoms with E-state index < -0.39 is 0 Å². The summed E-state index contributed by atoms with van der Waals surface area (Å²) < 4.78 is 7.36. The van der Waals surface area contributed by atoms with Crippen LogP contribution in [0.1, 0.15) is 46.1 Å². The smallest absolute Gasteiger partial charge is 0.298 e. The fourth-order valence-electron chi connectivity index (χ4n) is 2.70. The van der Waals surface area contributed by atoms with Crippen LogP contribution in [0.4, 0.5) is 5.69 Å². The van der Waals surface area contributed by atoms with Crippen molar-refractivity contribution in [3.05, 3.63) is 23.8 Å². The number of hydrogen-bond acceptors (Lipinski definition) is 2. The van der Waals surface area contributed by atoms with Crippen molar-refractivity contribution in [1.29, 1.82) is 0 Å². The van der Waals surface area contributed by atoms with Gasteiger partial charge < -0.3 is 4.74 Å². The average Bonchev–Trinajstić information content (AvgIpc) is 2.57. The molecule has 1 aromatic carbocycles. The second kappa shape index (κ2) is 5.16. The molecule has 0 spiro atoms. The quantitative estimate of drug-likeness (QED) is 0.599. The second-order valence-corrected chi connectivity index (χ2v) is 5.61. The molecule has 0 saturated heterocycles. The SMILES string of the molecule is CCCC[N+]1=C(C)C(C)(C)c2cc(OC=O)ccc21. The van der Waals surface area contributed by atoms with Gasteiger partial charge in [0.25, 0.3) is 6.47 Å². The van der Waals surface area contributed by atoms with Crippen LogP contribution in [0.15, 0.2) is 18.2 Å². The highest BCUT2D eigenvalue weighted by Crippen LogP contribution is 2.41. The van der Waals surface area contributed by atoms with Gasteiger partial charge in [0.15, 0.2) is 5.71 Å². The fraction of sp³-hybridized carbons (Fsp3) is 0.500. The Morgan fingerprint density at radius 1 is 1.37 bits per heavy atom. The number of unbranched alkanes of at least 4 members (excludes halogenated alkanes) is 1. The van der Waals surface area contributed by atoms with Crippen molar-refractivity contribution in [2.45, 2.75) is 46.0 Å². The highest BCUT2D eigenvalue weighted by Gasteiger charge is 2.42. The summed E-state index contributed by atoms with van der Waals surface area (Å²) in [6.07, 6.45) is 2.37. The summed E-state index contributed by atoms with van der Waals surface area (Å²) >= 11 is 0. The van der Waals surface area contributed by atoms with Gasteiger partial charge in [-0.05, 0) is 26.0 Å². The minimum absolute atomic E-state index is 0.00860. The molecule has 2 rings (SSSR count). The Hall–Kier alpha value is -1.64. The van der Waals surface area contributed by atoms with E-state index in [9.17, 15) is 4.79 Å². The molecule has 1 aromatic rings. The number of rotatable bonds is 5. The number of carbonyl (C=O) groups excluding carboxylic acids is 1. The number of benzene rings is 1. The standard InChI is InChI=1S/C16H22NO2/c1-5-6-9-17-12(2)16(3,4)14-10-13(19-11-18)7-8-15(14)17/h7-8,10-11H,5-6,9H2,1-4H3/q+1. The molecule has 0 N–H and O–H groups in total. The predicted molar refractivity (Wildman–Crippen MR) is 76.5 cm³/mol. The van der Waals surface area contributed by atoms with Gasteiger partial charge in [-0.3, -0.25) is 4.79 Å². The third-order valence-corrected chi connectivity index (χ3v) is 4.16. The predicted octanol–water partition coefficient (Wildman–Crippen LogP) is 3.42. The molecule has 1 heterocycles. The van der Waals surface area contributed by atoms with Gasteiger partial charge in [-0.2, -0.15) is 4.58 Å². The third-order valence-electron chi connectivity index (χ3n) is 4.16. The van der Waals surface area contributed by atoms with Crippen LogP contribution >= 0.6 is 0 Å². The van der Waals surface area contributed by atoms with Crippen LogP contribution in [0.5, 0.6) is 5.75 Å². The third kappa shape index (κ3) is 2.29. The van der Waals surface area contributed by atoms with Crippen molar-refractivity contribution in [3.63, 3.8) is 0 Å². The van der Waals surface area contributed by atoms with Crippen LogP contribution in [0.25, 0.3) is 0 Å². The van der Waals surface area contributed by atoms with E-state index in [2.05, 4.69) is 38.3 Å². The molecule has 0 bridgehead atoms. The average molecular weight is 260 g/mol. The lowest BCUT2D eigenvalue weighted by atomic mass is 9.82. The molecule has 0 atom stereocenters. The zero-order chi connectivity index (χ0) is 14.0. The largest absolute Gasteiger partial charge is 0.429 e. The summed E-state index contributed by atoms with van der Waals surface area (Å²) in [5, 5.41) is 0. The Labute approximate surface area is 114 Å². The Balaban J connectivity index is 2.45. The van der Waals surface area contributed by atoms with Gasteiger partial charge in [-0.25, -0.2) is 0 Å².